The molecular weight excluding hydrogens is 649 g/mol. The third-order valence-electron chi connectivity index (χ3n) is 10.8. The van der Waals surface area contributed by atoms with Crippen molar-refractivity contribution in [2.45, 2.75) is 22.7 Å². The van der Waals surface area contributed by atoms with Crippen LogP contribution in [0.5, 0.6) is 0 Å². The van der Waals surface area contributed by atoms with Gasteiger partial charge >= 0.3 is 0 Å². The van der Waals surface area contributed by atoms with E-state index < -0.39 is 22.7 Å². The Morgan fingerprint density at radius 3 is 1.79 bits per heavy atom. The second-order valence-electron chi connectivity index (χ2n) is 13.5. The van der Waals surface area contributed by atoms with Gasteiger partial charge < -0.3 is 10.3 Å². The average Bonchev–Trinajstić information content (AvgIpc) is 4.02. The number of H-pyrrole nitrogens is 1. The predicted octanol–water partition coefficient (Wildman–Crippen LogP) is 7.84. The summed E-state index contributed by atoms with van der Waals surface area (Å²) in [6.45, 7) is 0. The lowest BCUT2D eigenvalue weighted by atomic mass is 9.78. The number of allylic oxidation sites excluding steroid dienone is 4. The molecule has 6 aliphatic heterocycles. The third kappa shape index (κ3) is 3.78. The fourth-order valence-corrected chi connectivity index (χ4v) is 8.31. The van der Waals surface area contributed by atoms with Crippen LogP contribution in [0.4, 0.5) is 0 Å². The van der Waals surface area contributed by atoms with Crippen molar-refractivity contribution in [1.82, 2.24) is 10.3 Å². The standard InChI is InChI=1S/C44H30N4O4/c1-5-13-29(14-6-1)39-33-21-23-37(45-33)43(31-17-9-3-10-18-31)41(49-51-43)27-25-35(47-41)40(30-15-7-2-8-16-30)36-26-28-42(48-36)44(52-50-42,32-19-11-4-12-20-32)38-24-22-34(39)46-38/h1-28,45,47H/b39-34-,40-35-. The van der Waals surface area contributed by atoms with Crippen LogP contribution in [-0.4, -0.2) is 27.9 Å². The number of fused-ring (bicyclic) bond motifs is 6. The van der Waals surface area contributed by atoms with Crippen LogP contribution in [0.2, 0.25) is 0 Å². The van der Waals surface area contributed by atoms with Gasteiger partial charge in [0.25, 0.3) is 5.72 Å². The first kappa shape index (κ1) is 29.6. The summed E-state index contributed by atoms with van der Waals surface area (Å²) >= 11 is 0. The minimum absolute atomic E-state index is 0.685. The molecular formula is C44H30N4O4. The van der Waals surface area contributed by atoms with Crippen molar-refractivity contribution in [3.63, 3.8) is 0 Å². The number of aromatic nitrogens is 1. The summed E-state index contributed by atoms with van der Waals surface area (Å²) in [6.07, 6.45) is 12.2. The van der Waals surface area contributed by atoms with Gasteiger partial charge in [-0.3, -0.25) is 0 Å². The molecule has 6 aliphatic rings. The Morgan fingerprint density at radius 2 is 1.15 bits per heavy atom. The van der Waals surface area contributed by atoms with E-state index in [2.05, 4.69) is 64.9 Å². The summed E-state index contributed by atoms with van der Waals surface area (Å²) in [6, 6.07) is 44.9. The van der Waals surface area contributed by atoms with Crippen molar-refractivity contribution >= 4 is 22.6 Å². The molecule has 52 heavy (non-hydrogen) atoms. The molecule has 4 atom stereocenters. The van der Waals surface area contributed by atoms with E-state index in [9.17, 15) is 0 Å². The van der Waals surface area contributed by atoms with Gasteiger partial charge in [0.2, 0.25) is 16.9 Å². The van der Waals surface area contributed by atoms with Gasteiger partial charge in [-0.2, -0.15) is 9.78 Å². The molecule has 11 rings (SSSR count). The molecule has 8 bridgehead atoms. The van der Waals surface area contributed by atoms with E-state index in [-0.39, 0.29) is 0 Å². The Balaban J connectivity index is 1.22. The molecule has 5 aromatic rings. The van der Waals surface area contributed by atoms with E-state index in [0.29, 0.717) is 5.71 Å². The van der Waals surface area contributed by atoms with Crippen LogP contribution in [0, 0.1) is 0 Å². The highest BCUT2D eigenvalue weighted by Gasteiger charge is 2.70. The Hall–Kier alpha value is -6.16. The zero-order valence-electron chi connectivity index (χ0n) is 27.7. The molecule has 8 nitrogen and oxygen atoms in total. The van der Waals surface area contributed by atoms with Crippen LogP contribution >= 0.6 is 0 Å². The van der Waals surface area contributed by atoms with Gasteiger partial charge in [-0.25, -0.2) is 19.8 Å². The number of nitrogens with one attached hydrogen (secondary N) is 2. The Kier molecular flexibility index (Phi) is 6.07. The first-order valence-corrected chi connectivity index (χ1v) is 17.3. The topological polar surface area (TPSA) is 89.5 Å². The molecule has 4 aromatic carbocycles. The first-order valence-electron chi connectivity index (χ1n) is 17.3. The van der Waals surface area contributed by atoms with Crippen LogP contribution < -0.4 is 5.32 Å². The summed E-state index contributed by atoms with van der Waals surface area (Å²) < 4.78 is 0. The van der Waals surface area contributed by atoms with Crippen molar-refractivity contribution < 1.29 is 19.6 Å². The summed E-state index contributed by atoms with van der Waals surface area (Å²) in [5.41, 5.74) is 5.74. The minimum atomic E-state index is -1.23. The summed E-state index contributed by atoms with van der Waals surface area (Å²) in [7, 11) is 0. The summed E-state index contributed by atoms with van der Waals surface area (Å²) in [5, 5.41) is 3.78. The fourth-order valence-electron chi connectivity index (χ4n) is 8.31. The van der Waals surface area contributed by atoms with E-state index in [1.807, 2.05) is 115 Å². The highest BCUT2D eigenvalue weighted by atomic mass is 17.3. The maximum Gasteiger partial charge on any atom is 0.254 e. The highest BCUT2D eigenvalue weighted by Crippen LogP contribution is 2.57. The van der Waals surface area contributed by atoms with E-state index in [1.54, 1.807) is 0 Å². The molecule has 2 saturated heterocycles. The number of hydrogen-bond donors (Lipinski definition) is 2. The van der Waals surface area contributed by atoms with Crippen molar-refractivity contribution in [3.8, 4) is 0 Å². The maximum atomic E-state index is 6.33. The molecule has 250 valence electrons. The van der Waals surface area contributed by atoms with Gasteiger partial charge in [-0.15, -0.1) is 0 Å². The van der Waals surface area contributed by atoms with Crippen molar-refractivity contribution in [3.05, 3.63) is 215 Å². The molecule has 0 saturated carbocycles. The molecule has 0 radical (unpaired) electrons. The SMILES string of the molecule is C1=CC23N=C1/C(c1ccccc1)=C1/C=CC4(N1)OOC4(c1ccccc1)c1ccc([nH]1)/C(c1ccccc1)=C1/C=CC(=N1)C2(c1ccccc1)OO3. The summed E-state index contributed by atoms with van der Waals surface area (Å²) in [4.78, 5) is 39.5. The molecule has 8 heteroatoms. The monoisotopic (exact) mass is 678 g/mol. The Morgan fingerprint density at radius 1 is 0.519 bits per heavy atom. The van der Waals surface area contributed by atoms with Gasteiger partial charge in [-0.05, 0) is 70.8 Å². The molecule has 2 N–H and O–H groups in total. The third-order valence-corrected chi connectivity index (χ3v) is 10.8. The first-order chi connectivity index (χ1) is 25.6. The number of aliphatic imine (C=N–C) groups is 2. The second kappa shape index (κ2) is 10.7. The van der Waals surface area contributed by atoms with Crippen LogP contribution in [0.3, 0.4) is 0 Å². The lowest BCUT2D eigenvalue weighted by molar-refractivity contribution is -0.541. The minimum Gasteiger partial charge on any atom is -0.355 e. The molecule has 1 aromatic heterocycles. The maximum absolute atomic E-state index is 6.33. The van der Waals surface area contributed by atoms with Crippen molar-refractivity contribution in [2.75, 3.05) is 0 Å². The van der Waals surface area contributed by atoms with E-state index in [0.717, 1.165) is 61.9 Å². The number of hydrogen-bond acceptors (Lipinski definition) is 7. The molecule has 4 unspecified atom stereocenters. The number of nitrogens with zero attached hydrogens (tertiary/aromatic N) is 2. The Bertz CT molecular complexity index is 2500. The van der Waals surface area contributed by atoms with Gasteiger partial charge in [0.1, 0.15) is 0 Å². The van der Waals surface area contributed by atoms with Crippen molar-refractivity contribution in [2.24, 2.45) is 9.98 Å². The summed E-state index contributed by atoms with van der Waals surface area (Å²) in [5.74, 6) is 0. The molecule has 0 amide bonds. The average molecular weight is 679 g/mol. The molecule has 2 spiro atoms. The van der Waals surface area contributed by atoms with Gasteiger partial charge in [-0.1, -0.05) is 121 Å². The van der Waals surface area contributed by atoms with Crippen LogP contribution in [0.1, 0.15) is 33.6 Å². The van der Waals surface area contributed by atoms with Crippen LogP contribution in [-0.2, 0) is 30.8 Å². The van der Waals surface area contributed by atoms with Gasteiger partial charge in [0, 0.05) is 22.5 Å². The van der Waals surface area contributed by atoms with Crippen LogP contribution in [0.25, 0.3) is 11.1 Å². The van der Waals surface area contributed by atoms with E-state index >= 15 is 0 Å². The van der Waals surface area contributed by atoms with Crippen molar-refractivity contribution in [1.29, 1.82) is 0 Å². The van der Waals surface area contributed by atoms with E-state index in [4.69, 9.17) is 29.5 Å². The molecule has 2 fully saturated rings. The Labute approximate surface area is 299 Å². The molecule has 0 aliphatic carbocycles. The zero-order chi connectivity index (χ0) is 34.4. The fraction of sp³-hybridized carbons (Fsp3) is 0.0909. The largest absolute Gasteiger partial charge is 0.355 e. The number of aromatic amines is 1. The quantitative estimate of drug-likeness (QED) is 0.189. The predicted molar refractivity (Wildman–Crippen MR) is 197 cm³/mol. The van der Waals surface area contributed by atoms with E-state index in [1.165, 1.54) is 0 Å². The smallest absolute Gasteiger partial charge is 0.254 e. The number of rotatable bonds is 4. The lowest BCUT2D eigenvalue weighted by Gasteiger charge is -2.53. The lowest BCUT2D eigenvalue weighted by Crippen LogP contribution is -2.69. The van der Waals surface area contributed by atoms with Gasteiger partial charge in [0.05, 0.1) is 22.8 Å². The number of benzene rings is 4. The van der Waals surface area contributed by atoms with Crippen LogP contribution in [0.15, 0.2) is 191 Å². The normalized spacial score (nSPS) is 31.9. The second-order valence-corrected chi connectivity index (χ2v) is 13.5. The zero-order valence-corrected chi connectivity index (χ0v) is 27.7. The van der Waals surface area contributed by atoms with Gasteiger partial charge in [0.15, 0.2) is 0 Å². The molecule has 7 heterocycles. The highest BCUT2D eigenvalue weighted by molar-refractivity contribution is 6.31.